The highest BCUT2D eigenvalue weighted by Crippen LogP contribution is 2.49. The van der Waals surface area contributed by atoms with E-state index in [9.17, 15) is 10.1 Å². The fourth-order valence-electron chi connectivity index (χ4n) is 5.28. The van der Waals surface area contributed by atoms with Crippen LogP contribution in [0.25, 0.3) is 0 Å². The van der Waals surface area contributed by atoms with Crippen LogP contribution in [0.5, 0.6) is 0 Å². The molecule has 4 rings (SSSR count). The van der Waals surface area contributed by atoms with E-state index in [2.05, 4.69) is 25.0 Å². The van der Waals surface area contributed by atoms with Crippen LogP contribution in [0.3, 0.4) is 0 Å². The maximum atomic E-state index is 13.0. The average Bonchev–Trinajstić information content (AvgIpc) is 3.23. The Balaban J connectivity index is 1.69. The number of nitrogens with two attached hydrogens (primary N) is 1. The molecule has 2 saturated carbocycles. The molecule has 5 atom stereocenters. The van der Waals surface area contributed by atoms with Crippen LogP contribution in [0, 0.1) is 28.6 Å². The molecule has 3 fully saturated rings. The second-order valence-corrected chi connectivity index (χ2v) is 9.05. The molecular formula is C20H28N4O2. The van der Waals surface area contributed by atoms with Gasteiger partial charge < -0.3 is 10.5 Å². The van der Waals surface area contributed by atoms with Crippen LogP contribution < -0.4 is 5.73 Å². The van der Waals surface area contributed by atoms with E-state index < -0.39 is 12.1 Å². The van der Waals surface area contributed by atoms with Crippen molar-refractivity contribution in [2.24, 2.45) is 23.0 Å². The van der Waals surface area contributed by atoms with Gasteiger partial charge in [-0.3, -0.25) is 9.48 Å². The fourth-order valence-corrected chi connectivity index (χ4v) is 5.28. The summed E-state index contributed by atoms with van der Waals surface area (Å²) in [5.74, 6) is -0.860. The predicted octanol–water partition coefficient (Wildman–Crippen LogP) is 2.91. The minimum atomic E-state index is -0.664. The Morgan fingerprint density at radius 2 is 2.08 bits per heavy atom. The first-order valence-corrected chi connectivity index (χ1v) is 9.77. The van der Waals surface area contributed by atoms with Crippen molar-refractivity contribution in [3.63, 3.8) is 0 Å². The number of ether oxygens (including phenoxy) is 1. The first-order chi connectivity index (χ1) is 12.4. The third-order valence-electron chi connectivity index (χ3n) is 6.49. The lowest BCUT2D eigenvalue weighted by Gasteiger charge is -2.48. The SMILES string of the molecule is CC1(C)CC(=O)[C@H]2[C@H](c3cnn(C4CCCC4)c3)[C@@H](C#N)[C@@H](N)O[C@H]2C1. The van der Waals surface area contributed by atoms with Crippen molar-refractivity contribution in [1.82, 2.24) is 9.78 Å². The fraction of sp³-hybridized carbons (Fsp3) is 0.750. The van der Waals surface area contributed by atoms with E-state index in [-0.39, 0.29) is 29.1 Å². The summed E-state index contributed by atoms with van der Waals surface area (Å²) in [6.45, 7) is 4.19. The number of ketones is 1. The molecule has 26 heavy (non-hydrogen) atoms. The Morgan fingerprint density at radius 1 is 1.35 bits per heavy atom. The summed E-state index contributed by atoms with van der Waals surface area (Å²) in [7, 11) is 0. The molecule has 2 heterocycles. The Hall–Kier alpha value is -1.71. The Morgan fingerprint density at radius 3 is 2.77 bits per heavy atom. The quantitative estimate of drug-likeness (QED) is 0.879. The van der Waals surface area contributed by atoms with Crippen molar-refractivity contribution in [2.75, 3.05) is 0 Å². The van der Waals surface area contributed by atoms with Gasteiger partial charge in [-0.05, 0) is 30.2 Å². The van der Waals surface area contributed by atoms with Gasteiger partial charge in [0.15, 0.2) is 0 Å². The molecule has 0 spiro atoms. The maximum absolute atomic E-state index is 13.0. The van der Waals surface area contributed by atoms with Crippen molar-refractivity contribution in [2.45, 2.75) is 76.7 Å². The lowest BCUT2D eigenvalue weighted by molar-refractivity contribution is -0.163. The molecule has 6 heteroatoms. The van der Waals surface area contributed by atoms with Gasteiger partial charge in [0.2, 0.25) is 0 Å². The molecule has 0 amide bonds. The molecule has 0 radical (unpaired) electrons. The topological polar surface area (TPSA) is 93.9 Å². The summed E-state index contributed by atoms with van der Waals surface area (Å²) in [6, 6.07) is 2.76. The Kier molecular flexibility index (Phi) is 4.40. The lowest BCUT2D eigenvalue weighted by Crippen LogP contribution is -2.56. The largest absolute Gasteiger partial charge is 0.358 e. The highest BCUT2D eigenvalue weighted by atomic mass is 16.5. The van der Waals surface area contributed by atoms with Crippen molar-refractivity contribution in [3.8, 4) is 6.07 Å². The van der Waals surface area contributed by atoms with Crippen LogP contribution in [0.1, 0.15) is 69.9 Å². The Bertz CT molecular complexity index is 728. The molecular weight excluding hydrogens is 328 g/mol. The smallest absolute Gasteiger partial charge is 0.139 e. The van der Waals surface area contributed by atoms with Crippen LogP contribution in [0.15, 0.2) is 12.4 Å². The van der Waals surface area contributed by atoms with Crippen LogP contribution in [0.4, 0.5) is 0 Å². The number of fused-ring (bicyclic) bond motifs is 1. The minimum absolute atomic E-state index is 0.0873. The van der Waals surface area contributed by atoms with E-state index in [1.54, 1.807) is 0 Å². The standard InChI is InChI=1S/C20H28N4O2/c1-20(2)7-15(25)18-16(8-20)26-19(22)14(9-21)17(18)12-10-23-24(11-12)13-5-3-4-6-13/h10-11,13-14,16-19H,3-8,22H2,1-2H3/t14-,16+,17-,18-,19+/m1/s1. The molecule has 2 N–H and O–H groups in total. The number of hydrogen-bond acceptors (Lipinski definition) is 5. The average molecular weight is 356 g/mol. The number of nitrogens with zero attached hydrogens (tertiary/aromatic N) is 3. The van der Waals surface area contributed by atoms with Crippen LogP contribution in [0.2, 0.25) is 0 Å². The molecule has 1 aromatic heterocycles. The van der Waals surface area contributed by atoms with Crippen molar-refractivity contribution >= 4 is 5.78 Å². The minimum Gasteiger partial charge on any atom is -0.358 e. The number of nitriles is 1. The summed E-state index contributed by atoms with van der Waals surface area (Å²) in [5, 5.41) is 14.3. The van der Waals surface area contributed by atoms with Crippen LogP contribution >= 0.6 is 0 Å². The summed E-state index contributed by atoms with van der Waals surface area (Å²) in [6.07, 6.45) is 9.10. The number of aromatic nitrogens is 2. The zero-order chi connectivity index (χ0) is 18.5. The van der Waals surface area contributed by atoms with Crippen molar-refractivity contribution in [1.29, 1.82) is 5.26 Å². The molecule has 6 nitrogen and oxygen atoms in total. The third-order valence-corrected chi connectivity index (χ3v) is 6.49. The molecule has 1 aliphatic heterocycles. The number of carbonyl (C=O) groups is 1. The second-order valence-electron chi connectivity index (χ2n) is 9.05. The van der Waals surface area contributed by atoms with Gasteiger partial charge in [0, 0.05) is 18.5 Å². The summed E-state index contributed by atoms with van der Waals surface area (Å²) in [4.78, 5) is 13.0. The van der Waals surface area contributed by atoms with E-state index in [1.165, 1.54) is 12.8 Å². The van der Waals surface area contributed by atoms with Crippen LogP contribution in [-0.2, 0) is 9.53 Å². The maximum Gasteiger partial charge on any atom is 0.139 e. The summed E-state index contributed by atoms with van der Waals surface area (Å²) >= 11 is 0. The first-order valence-electron chi connectivity index (χ1n) is 9.77. The number of Topliss-reactive ketones (excluding diaryl/α,β-unsaturated/α-hetero) is 1. The van der Waals surface area contributed by atoms with E-state index in [0.29, 0.717) is 12.5 Å². The van der Waals surface area contributed by atoms with Gasteiger partial charge in [-0.25, -0.2) is 0 Å². The number of rotatable bonds is 2. The zero-order valence-electron chi connectivity index (χ0n) is 15.6. The molecule has 1 saturated heterocycles. The predicted molar refractivity (Wildman–Crippen MR) is 95.9 cm³/mol. The molecule has 0 bridgehead atoms. The molecule has 2 aliphatic carbocycles. The van der Waals surface area contributed by atoms with Gasteiger partial charge in [0.1, 0.15) is 12.0 Å². The van der Waals surface area contributed by atoms with Crippen molar-refractivity contribution in [3.05, 3.63) is 18.0 Å². The van der Waals surface area contributed by atoms with E-state index in [1.807, 2.05) is 17.1 Å². The normalized spacial score (nSPS) is 37.3. The number of carbonyl (C=O) groups excluding carboxylic acids is 1. The lowest BCUT2D eigenvalue weighted by atomic mass is 9.62. The van der Waals surface area contributed by atoms with Gasteiger partial charge in [-0.2, -0.15) is 10.4 Å². The molecule has 3 aliphatic rings. The Labute approximate surface area is 154 Å². The summed E-state index contributed by atoms with van der Waals surface area (Å²) in [5.41, 5.74) is 7.08. The van der Waals surface area contributed by atoms with Crippen LogP contribution in [-0.4, -0.2) is 27.9 Å². The third kappa shape index (κ3) is 2.97. The molecule has 140 valence electrons. The molecule has 0 unspecified atom stereocenters. The summed E-state index contributed by atoms with van der Waals surface area (Å²) < 4.78 is 8.00. The number of hydrogen-bond donors (Lipinski definition) is 1. The van der Waals surface area contributed by atoms with Gasteiger partial charge >= 0.3 is 0 Å². The highest BCUT2D eigenvalue weighted by Gasteiger charge is 2.53. The van der Waals surface area contributed by atoms with Gasteiger partial charge in [-0.1, -0.05) is 26.7 Å². The zero-order valence-corrected chi connectivity index (χ0v) is 15.6. The van der Waals surface area contributed by atoms with E-state index in [4.69, 9.17) is 10.5 Å². The van der Waals surface area contributed by atoms with Crippen molar-refractivity contribution < 1.29 is 9.53 Å². The van der Waals surface area contributed by atoms with Gasteiger partial charge in [0.25, 0.3) is 0 Å². The monoisotopic (exact) mass is 356 g/mol. The van der Waals surface area contributed by atoms with E-state index in [0.717, 1.165) is 24.8 Å². The van der Waals surface area contributed by atoms with Gasteiger partial charge in [0.05, 0.1) is 36.2 Å². The first kappa shape index (κ1) is 17.7. The molecule has 1 aromatic rings. The molecule has 0 aromatic carbocycles. The second kappa shape index (κ2) is 6.47. The highest BCUT2D eigenvalue weighted by molar-refractivity contribution is 5.84. The van der Waals surface area contributed by atoms with E-state index >= 15 is 0 Å². The van der Waals surface area contributed by atoms with Gasteiger partial charge in [-0.15, -0.1) is 0 Å².